The summed E-state index contributed by atoms with van der Waals surface area (Å²) in [4.78, 5) is 15.8. The van der Waals surface area contributed by atoms with Crippen molar-refractivity contribution in [3.8, 4) is 5.69 Å². The molecule has 1 amide bonds. The van der Waals surface area contributed by atoms with E-state index in [1.165, 1.54) is 23.1 Å². The molecular formula is C21H22F2N6O3S. The number of piperazine rings is 1. The first-order valence-corrected chi connectivity index (χ1v) is 11.8. The predicted molar refractivity (Wildman–Crippen MR) is 115 cm³/mol. The van der Waals surface area contributed by atoms with Gasteiger partial charge in [-0.05, 0) is 41.6 Å². The number of tetrazole rings is 1. The van der Waals surface area contributed by atoms with Gasteiger partial charge in [0.15, 0.2) is 5.82 Å². The molecule has 0 bridgehead atoms. The summed E-state index contributed by atoms with van der Waals surface area (Å²) >= 11 is 0. The van der Waals surface area contributed by atoms with Crippen molar-refractivity contribution in [3.05, 3.63) is 65.5 Å². The number of rotatable bonds is 6. The van der Waals surface area contributed by atoms with Gasteiger partial charge in [0.25, 0.3) is 5.91 Å². The lowest BCUT2D eigenvalue weighted by Gasteiger charge is -2.34. The number of alkyl halides is 2. The number of sulfone groups is 1. The molecule has 2 heterocycles. The van der Waals surface area contributed by atoms with Crippen molar-refractivity contribution in [1.29, 1.82) is 0 Å². The Labute approximate surface area is 189 Å². The molecule has 1 aromatic heterocycles. The molecule has 33 heavy (non-hydrogen) atoms. The molecule has 1 aliphatic rings. The van der Waals surface area contributed by atoms with Crippen molar-refractivity contribution >= 4 is 15.7 Å². The fourth-order valence-corrected chi connectivity index (χ4v) is 4.58. The van der Waals surface area contributed by atoms with Crippen LogP contribution in [0.25, 0.3) is 5.69 Å². The van der Waals surface area contributed by atoms with Gasteiger partial charge in [-0.2, -0.15) is 13.5 Å². The molecule has 3 aromatic rings. The number of carbonyl (C=O) groups excluding carboxylic acids is 1. The number of amides is 1. The van der Waals surface area contributed by atoms with Crippen LogP contribution >= 0.6 is 0 Å². The molecule has 0 saturated carbocycles. The molecule has 0 unspecified atom stereocenters. The lowest BCUT2D eigenvalue weighted by Crippen LogP contribution is -2.48. The largest absolute Gasteiger partial charge is 0.341 e. The van der Waals surface area contributed by atoms with E-state index in [2.05, 4.69) is 20.4 Å². The zero-order valence-electron chi connectivity index (χ0n) is 17.8. The highest BCUT2D eigenvalue weighted by molar-refractivity contribution is 7.91. The zero-order chi connectivity index (χ0) is 23.6. The van der Waals surface area contributed by atoms with Crippen LogP contribution in [0.3, 0.4) is 0 Å². The zero-order valence-corrected chi connectivity index (χ0v) is 18.6. The van der Waals surface area contributed by atoms with Crippen LogP contribution in [0.5, 0.6) is 0 Å². The second-order valence-electron chi connectivity index (χ2n) is 7.71. The number of aryl methyl sites for hydroxylation is 1. The fraction of sp³-hybridized carbons (Fsp3) is 0.333. The molecule has 0 radical (unpaired) electrons. The molecule has 174 valence electrons. The Morgan fingerprint density at radius 3 is 2.36 bits per heavy atom. The van der Waals surface area contributed by atoms with Crippen molar-refractivity contribution in [1.82, 2.24) is 30.0 Å². The third kappa shape index (κ3) is 4.76. The minimum absolute atomic E-state index is 0.241. The van der Waals surface area contributed by atoms with E-state index in [1.807, 2.05) is 31.2 Å². The van der Waals surface area contributed by atoms with Crippen molar-refractivity contribution < 1.29 is 22.0 Å². The van der Waals surface area contributed by atoms with Crippen LogP contribution in [0.4, 0.5) is 8.78 Å². The number of carbonyl (C=O) groups is 1. The Hall–Kier alpha value is -3.25. The van der Waals surface area contributed by atoms with Crippen LogP contribution in [0.15, 0.2) is 53.4 Å². The number of hydrogen-bond donors (Lipinski definition) is 0. The molecule has 1 aliphatic heterocycles. The number of aromatic nitrogens is 4. The highest BCUT2D eigenvalue weighted by Gasteiger charge is 2.33. The number of nitrogens with zero attached hydrogens (tertiary/aromatic N) is 6. The van der Waals surface area contributed by atoms with E-state index in [1.54, 1.807) is 4.68 Å². The molecule has 0 spiro atoms. The summed E-state index contributed by atoms with van der Waals surface area (Å²) in [6.45, 7) is 4.07. The van der Waals surface area contributed by atoms with Crippen molar-refractivity contribution in [3.63, 3.8) is 0 Å². The van der Waals surface area contributed by atoms with Crippen molar-refractivity contribution in [2.75, 3.05) is 26.2 Å². The second-order valence-corrected chi connectivity index (χ2v) is 9.60. The Bertz CT molecular complexity index is 1240. The summed E-state index contributed by atoms with van der Waals surface area (Å²) in [6.07, 6.45) is 0. The third-order valence-corrected chi connectivity index (χ3v) is 6.93. The Kier molecular flexibility index (Phi) is 6.47. The van der Waals surface area contributed by atoms with E-state index in [-0.39, 0.29) is 5.56 Å². The van der Waals surface area contributed by atoms with E-state index < -0.39 is 26.4 Å². The van der Waals surface area contributed by atoms with Crippen LogP contribution < -0.4 is 0 Å². The number of halogens is 2. The van der Waals surface area contributed by atoms with Gasteiger partial charge in [-0.15, -0.1) is 5.10 Å². The lowest BCUT2D eigenvalue weighted by atomic mass is 10.2. The van der Waals surface area contributed by atoms with Crippen LogP contribution in [-0.4, -0.2) is 76.3 Å². The minimum atomic E-state index is -4.89. The first kappa shape index (κ1) is 22.9. The van der Waals surface area contributed by atoms with Crippen molar-refractivity contribution in [2.45, 2.75) is 24.1 Å². The van der Waals surface area contributed by atoms with Gasteiger partial charge < -0.3 is 4.90 Å². The van der Waals surface area contributed by atoms with Gasteiger partial charge in [-0.1, -0.05) is 29.8 Å². The minimum Gasteiger partial charge on any atom is -0.336 e. The lowest BCUT2D eigenvalue weighted by molar-refractivity contribution is 0.0620. The average molecular weight is 477 g/mol. The van der Waals surface area contributed by atoms with E-state index >= 15 is 0 Å². The number of benzene rings is 2. The highest BCUT2D eigenvalue weighted by Crippen LogP contribution is 2.24. The summed E-state index contributed by atoms with van der Waals surface area (Å²) in [5.41, 5.74) is 1.72. The normalized spacial score (nSPS) is 15.2. The molecule has 1 saturated heterocycles. The number of hydrogen-bond acceptors (Lipinski definition) is 7. The maximum atomic E-state index is 13.1. The summed E-state index contributed by atoms with van der Waals surface area (Å²) in [5.74, 6) is -3.53. The van der Waals surface area contributed by atoms with Gasteiger partial charge in [-0.3, -0.25) is 9.69 Å². The second kappa shape index (κ2) is 9.32. The Balaban J connectivity index is 1.43. The molecule has 1 fully saturated rings. The van der Waals surface area contributed by atoms with Gasteiger partial charge >= 0.3 is 5.76 Å². The summed E-state index contributed by atoms with van der Waals surface area (Å²) in [7, 11) is -4.89. The van der Waals surface area contributed by atoms with Gasteiger partial charge in [0, 0.05) is 26.2 Å². The molecule has 4 rings (SSSR count). The van der Waals surface area contributed by atoms with Crippen LogP contribution in [0.1, 0.15) is 21.7 Å². The Morgan fingerprint density at radius 1 is 1.03 bits per heavy atom. The average Bonchev–Trinajstić information content (AvgIpc) is 3.27. The van der Waals surface area contributed by atoms with E-state index in [0.29, 0.717) is 38.5 Å². The van der Waals surface area contributed by atoms with Gasteiger partial charge in [0.1, 0.15) is 0 Å². The molecule has 0 atom stereocenters. The molecule has 0 N–H and O–H groups in total. The Morgan fingerprint density at radius 2 is 1.70 bits per heavy atom. The first-order chi connectivity index (χ1) is 15.8. The fourth-order valence-electron chi connectivity index (χ4n) is 3.66. The first-order valence-electron chi connectivity index (χ1n) is 10.2. The van der Waals surface area contributed by atoms with Gasteiger partial charge in [0.05, 0.1) is 22.7 Å². The highest BCUT2D eigenvalue weighted by atomic mass is 32.2. The van der Waals surface area contributed by atoms with Crippen LogP contribution in [0, 0.1) is 6.92 Å². The smallest absolute Gasteiger partial charge is 0.336 e. The van der Waals surface area contributed by atoms with E-state index in [4.69, 9.17) is 0 Å². The van der Waals surface area contributed by atoms with Gasteiger partial charge in [-0.25, -0.2) is 8.42 Å². The molecule has 2 aromatic carbocycles. The maximum absolute atomic E-state index is 13.1. The van der Waals surface area contributed by atoms with Crippen molar-refractivity contribution in [2.24, 2.45) is 0 Å². The standard InChI is InChI=1S/C21H22F2N6O3S/c1-15-6-8-16(9-7-15)29-19(24-25-26-29)14-27-10-12-28(13-11-27)20(30)17-4-2-3-5-18(17)33(31,32)21(22)23/h2-9,21H,10-14H2,1H3. The quantitative estimate of drug-likeness (QED) is 0.536. The summed E-state index contributed by atoms with van der Waals surface area (Å²) in [5, 5.41) is 11.9. The molecule has 0 aliphatic carbocycles. The van der Waals surface area contributed by atoms with Crippen LogP contribution in [-0.2, 0) is 16.4 Å². The molecule has 9 nitrogen and oxygen atoms in total. The van der Waals surface area contributed by atoms with Crippen LogP contribution in [0.2, 0.25) is 0 Å². The van der Waals surface area contributed by atoms with E-state index in [0.717, 1.165) is 17.3 Å². The third-order valence-electron chi connectivity index (χ3n) is 5.50. The SMILES string of the molecule is Cc1ccc(-n2nnnc2CN2CCN(C(=O)c3ccccc3S(=O)(=O)C(F)F)CC2)cc1. The molecule has 12 heteroatoms. The topological polar surface area (TPSA) is 101 Å². The summed E-state index contributed by atoms with van der Waals surface area (Å²) in [6, 6.07) is 12.9. The van der Waals surface area contributed by atoms with E-state index in [9.17, 15) is 22.0 Å². The summed E-state index contributed by atoms with van der Waals surface area (Å²) < 4.78 is 51.7. The predicted octanol–water partition coefficient (Wildman–Crippen LogP) is 1.93. The van der Waals surface area contributed by atoms with Gasteiger partial charge in [0.2, 0.25) is 9.84 Å². The molecular weight excluding hydrogens is 454 g/mol. The maximum Gasteiger partial charge on any atom is 0.341 e. The monoisotopic (exact) mass is 476 g/mol.